The average Bonchev–Trinajstić information content (AvgIpc) is 2.68. The number of alkyl halides is 3. The second kappa shape index (κ2) is 8.03. The first-order valence-corrected chi connectivity index (χ1v) is 9.73. The highest BCUT2D eigenvalue weighted by Crippen LogP contribution is 2.31. The Kier molecular flexibility index (Phi) is 5.65. The van der Waals surface area contributed by atoms with Crippen LogP contribution in [0.15, 0.2) is 81.0 Å². The molecule has 0 saturated carbocycles. The van der Waals surface area contributed by atoms with Crippen LogP contribution in [0.5, 0.6) is 0 Å². The first kappa shape index (κ1) is 21.1. The maximum absolute atomic E-state index is 12.8. The average molecular weight is 438 g/mol. The lowest BCUT2D eigenvalue weighted by molar-refractivity contribution is -0.137. The third-order valence-corrected chi connectivity index (χ3v) is 5.19. The Hall–Kier alpha value is -3.60. The van der Waals surface area contributed by atoms with E-state index in [1.807, 2.05) is 0 Å². The molecule has 1 heterocycles. The minimum Gasteiger partial charge on any atom is -0.430 e. The van der Waals surface area contributed by atoms with Crippen LogP contribution < -0.4 is 15.7 Å². The number of benzene rings is 2. The molecule has 0 bridgehead atoms. The summed E-state index contributed by atoms with van der Waals surface area (Å²) >= 11 is 0. The number of carbonyl (C=O) groups is 1. The van der Waals surface area contributed by atoms with Gasteiger partial charge in [-0.2, -0.15) is 13.2 Å². The molecule has 0 atom stereocenters. The van der Waals surface area contributed by atoms with Crippen molar-refractivity contribution < 1.29 is 30.8 Å². The van der Waals surface area contributed by atoms with Crippen LogP contribution >= 0.6 is 0 Å². The molecule has 1 amide bonds. The van der Waals surface area contributed by atoms with Gasteiger partial charge >= 0.3 is 11.8 Å². The predicted molar refractivity (Wildman–Crippen MR) is 102 cm³/mol. The molecule has 1 aromatic heterocycles. The summed E-state index contributed by atoms with van der Waals surface area (Å²) < 4.78 is 70.2. The van der Waals surface area contributed by atoms with Crippen LogP contribution in [0.3, 0.4) is 0 Å². The Balaban J connectivity index is 1.81. The zero-order valence-electron chi connectivity index (χ0n) is 14.9. The number of anilines is 2. The first-order chi connectivity index (χ1) is 14.0. The molecule has 156 valence electrons. The van der Waals surface area contributed by atoms with E-state index < -0.39 is 33.3 Å². The molecular formula is C19H13F3N2O5S. The van der Waals surface area contributed by atoms with E-state index in [9.17, 15) is 31.2 Å². The van der Waals surface area contributed by atoms with Gasteiger partial charge in [0.2, 0.25) is 0 Å². The summed E-state index contributed by atoms with van der Waals surface area (Å²) in [5.74, 6) is -0.654. The van der Waals surface area contributed by atoms with Crippen molar-refractivity contribution in [1.82, 2.24) is 0 Å². The molecule has 2 N–H and O–H groups in total. The Labute approximate surface area is 168 Å². The molecule has 0 radical (unpaired) electrons. The Morgan fingerprint density at radius 2 is 1.63 bits per heavy atom. The number of hydrogen-bond acceptors (Lipinski definition) is 5. The van der Waals surface area contributed by atoms with Gasteiger partial charge in [0.05, 0.1) is 16.0 Å². The number of sulfonamides is 1. The molecular weight excluding hydrogens is 425 g/mol. The first-order valence-electron chi connectivity index (χ1n) is 8.25. The fourth-order valence-electron chi connectivity index (χ4n) is 2.40. The summed E-state index contributed by atoms with van der Waals surface area (Å²) in [6, 6.07) is 11.1. The molecule has 0 aliphatic rings. The minimum atomic E-state index is -4.62. The molecule has 2 aromatic carbocycles. The van der Waals surface area contributed by atoms with Gasteiger partial charge in [0.15, 0.2) is 0 Å². The molecule has 3 aromatic rings. The molecule has 11 heteroatoms. The van der Waals surface area contributed by atoms with Crippen molar-refractivity contribution >= 4 is 27.3 Å². The highest BCUT2D eigenvalue weighted by molar-refractivity contribution is 7.92. The maximum atomic E-state index is 12.8. The van der Waals surface area contributed by atoms with Crippen LogP contribution in [0.4, 0.5) is 24.5 Å². The summed E-state index contributed by atoms with van der Waals surface area (Å²) in [5, 5.41) is 2.44. The number of carbonyl (C=O) groups excluding carboxylic acids is 1. The van der Waals surface area contributed by atoms with Crippen molar-refractivity contribution in [1.29, 1.82) is 0 Å². The van der Waals surface area contributed by atoms with Crippen LogP contribution in [0.1, 0.15) is 15.9 Å². The van der Waals surface area contributed by atoms with Crippen LogP contribution in [0.2, 0.25) is 0 Å². The summed E-state index contributed by atoms with van der Waals surface area (Å²) in [5.41, 5.74) is -1.76. The van der Waals surface area contributed by atoms with Crippen LogP contribution in [0, 0.1) is 0 Å². The number of amides is 1. The van der Waals surface area contributed by atoms with E-state index in [4.69, 9.17) is 0 Å². The van der Waals surface area contributed by atoms with E-state index in [0.717, 1.165) is 30.5 Å². The topological polar surface area (TPSA) is 105 Å². The van der Waals surface area contributed by atoms with Crippen LogP contribution in [-0.4, -0.2) is 14.3 Å². The largest absolute Gasteiger partial charge is 0.430 e. The fraction of sp³-hybridized carbons (Fsp3) is 0.0526. The van der Waals surface area contributed by atoms with Crippen molar-refractivity contribution in [3.8, 4) is 0 Å². The Morgan fingerprint density at radius 1 is 0.933 bits per heavy atom. The van der Waals surface area contributed by atoms with Crippen LogP contribution in [-0.2, 0) is 16.2 Å². The molecule has 0 saturated heterocycles. The lowest BCUT2D eigenvalue weighted by Gasteiger charge is -2.12. The summed E-state index contributed by atoms with van der Waals surface area (Å²) in [4.78, 5) is 22.8. The van der Waals surface area contributed by atoms with Gasteiger partial charge in [-0.3, -0.25) is 9.52 Å². The molecule has 3 rings (SSSR count). The third-order valence-electron chi connectivity index (χ3n) is 3.81. The number of hydrogen-bond donors (Lipinski definition) is 2. The predicted octanol–water partition coefficient (Wildman–Crippen LogP) is 3.71. The zero-order chi connectivity index (χ0) is 21.9. The second-order valence-corrected chi connectivity index (χ2v) is 7.69. The van der Waals surface area contributed by atoms with Crippen LogP contribution in [0.25, 0.3) is 0 Å². The smallest absolute Gasteiger partial charge is 0.416 e. The van der Waals surface area contributed by atoms with Gasteiger partial charge in [-0.1, -0.05) is 12.1 Å². The summed E-state index contributed by atoms with van der Waals surface area (Å²) in [6.45, 7) is 0. The Morgan fingerprint density at radius 3 is 2.30 bits per heavy atom. The zero-order valence-corrected chi connectivity index (χ0v) is 15.8. The van der Waals surface area contributed by atoms with Crippen molar-refractivity contribution in [2.24, 2.45) is 0 Å². The van der Waals surface area contributed by atoms with Crippen molar-refractivity contribution in [2.45, 2.75) is 11.1 Å². The Bertz CT molecular complexity index is 1230. The van der Waals surface area contributed by atoms with E-state index in [2.05, 4.69) is 14.5 Å². The molecule has 0 aliphatic heterocycles. The SMILES string of the molecule is O=C(Nc1cccc(S(=O)(=O)Nc2cccc(C(F)(F)F)c2)c1)c1ccc(=O)oc1. The molecule has 7 nitrogen and oxygen atoms in total. The highest BCUT2D eigenvalue weighted by atomic mass is 32.2. The minimum absolute atomic E-state index is 0.0324. The van der Waals surface area contributed by atoms with E-state index in [-0.39, 0.29) is 21.8 Å². The van der Waals surface area contributed by atoms with Crippen molar-refractivity contribution in [3.63, 3.8) is 0 Å². The highest BCUT2D eigenvalue weighted by Gasteiger charge is 2.30. The van der Waals surface area contributed by atoms with Crippen molar-refractivity contribution in [2.75, 3.05) is 10.0 Å². The van der Waals surface area contributed by atoms with Gasteiger partial charge in [-0.15, -0.1) is 0 Å². The van der Waals surface area contributed by atoms with E-state index in [0.29, 0.717) is 6.07 Å². The molecule has 0 spiro atoms. The second-order valence-electron chi connectivity index (χ2n) is 6.01. The normalized spacial score (nSPS) is 11.7. The quantitative estimate of drug-likeness (QED) is 0.632. The summed E-state index contributed by atoms with van der Waals surface area (Å²) in [7, 11) is -4.23. The number of nitrogens with one attached hydrogen (secondary N) is 2. The molecule has 30 heavy (non-hydrogen) atoms. The van der Waals surface area contributed by atoms with E-state index >= 15 is 0 Å². The van der Waals surface area contributed by atoms with E-state index in [1.165, 1.54) is 30.3 Å². The van der Waals surface area contributed by atoms with Gasteiger partial charge in [0.1, 0.15) is 6.26 Å². The molecule has 0 aliphatic carbocycles. The van der Waals surface area contributed by atoms with Gasteiger partial charge in [0, 0.05) is 17.4 Å². The van der Waals surface area contributed by atoms with Gasteiger partial charge in [-0.25, -0.2) is 13.2 Å². The lowest BCUT2D eigenvalue weighted by Crippen LogP contribution is -2.16. The lowest BCUT2D eigenvalue weighted by atomic mass is 10.2. The van der Waals surface area contributed by atoms with Gasteiger partial charge in [-0.05, 0) is 42.5 Å². The third kappa shape index (κ3) is 5.06. The van der Waals surface area contributed by atoms with Gasteiger partial charge in [0.25, 0.3) is 15.9 Å². The fourth-order valence-corrected chi connectivity index (χ4v) is 3.50. The molecule has 0 fully saturated rings. The van der Waals surface area contributed by atoms with Crippen molar-refractivity contribution in [3.05, 3.63) is 88.5 Å². The van der Waals surface area contributed by atoms with Gasteiger partial charge < -0.3 is 9.73 Å². The number of halogens is 3. The monoisotopic (exact) mass is 438 g/mol. The standard InChI is InChI=1S/C19H13F3N2O5S/c20-19(21,22)13-3-1-5-15(9-13)24-30(27,28)16-6-2-4-14(10-16)23-18(26)12-7-8-17(25)29-11-12/h1-11,24H,(H,23,26). The van der Waals surface area contributed by atoms with E-state index in [1.54, 1.807) is 0 Å². The summed E-state index contributed by atoms with van der Waals surface area (Å²) in [6.07, 6.45) is -3.67. The number of rotatable bonds is 5. The maximum Gasteiger partial charge on any atom is 0.416 e. The molecule has 0 unspecified atom stereocenters.